The van der Waals surface area contributed by atoms with Crippen LogP contribution in [-0.2, 0) is 20.7 Å². The molecule has 0 saturated carbocycles. The van der Waals surface area contributed by atoms with Gasteiger partial charge in [0.15, 0.2) is 0 Å². The SMILES string of the molecule is CC(C)(C)C(=O)N1CCC(c2ccccc2)OC1CCN1CCC(CCNC(=O)Cc2ccc(F)cc2)CC1. The third kappa shape index (κ3) is 8.61. The molecule has 2 fully saturated rings. The fourth-order valence-corrected chi connectivity index (χ4v) is 5.59. The van der Waals surface area contributed by atoms with Crippen LogP contribution in [-0.4, -0.2) is 60.6 Å². The van der Waals surface area contributed by atoms with Crippen LogP contribution < -0.4 is 5.32 Å². The van der Waals surface area contributed by atoms with Gasteiger partial charge in [-0.2, -0.15) is 0 Å². The first-order valence-electron chi connectivity index (χ1n) is 14.4. The normalized spacial score (nSPS) is 21.1. The van der Waals surface area contributed by atoms with E-state index in [2.05, 4.69) is 22.3 Å². The van der Waals surface area contributed by atoms with Crippen LogP contribution in [0.5, 0.6) is 0 Å². The number of piperidine rings is 1. The summed E-state index contributed by atoms with van der Waals surface area (Å²) in [6.07, 6.45) is 4.88. The maximum absolute atomic E-state index is 13.2. The Bertz CT molecular complexity index is 1060. The average Bonchev–Trinajstić information content (AvgIpc) is 2.93. The van der Waals surface area contributed by atoms with Crippen molar-refractivity contribution in [1.82, 2.24) is 15.1 Å². The summed E-state index contributed by atoms with van der Waals surface area (Å²) in [5.74, 6) is 0.442. The van der Waals surface area contributed by atoms with Gasteiger partial charge in [-0.05, 0) is 68.0 Å². The fourth-order valence-electron chi connectivity index (χ4n) is 5.59. The molecule has 0 aliphatic carbocycles. The molecule has 2 aliphatic heterocycles. The Morgan fingerprint density at radius 1 is 0.949 bits per heavy atom. The van der Waals surface area contributed by atoms with Crippen molar-refractivity contribution in [3.05, 3.63) is 71.5 Å². The predicted octanol–water partition coefficient (Wildman–Crippen LogP) is 5.34. The highest BCUT2D eigenvalue weighted by atomic mass is 19.1. The lowest BCUT2D eigenvalue weighted by Gasteiger charge is -2.43. The molecule has 39 heavy (non-hydrogen) atoms. The van der Waals surface area contributed by atoms with Gasteiger partial charge in [-0.15, -0.1) is 0 Å². The van der Waals surface area contributed by atoms with Crippen LogP contribution in [0.25, 0.3) is 0 Å². The van der Waals surface area contributed by atoms with Gasteiger partial charge in [0.25, 0.3) is 0 Å². The lowest BCUT2D eigenvalue weighted by atomic mass is 9.92. The quantitative estimate of drug-likeness (QED) is 0.469. The van der Waals surface area contributed by atoms with E-state index in [-0.39, 0.29) is 36.4 Å². The first-order valence-corrected chi connectivity index (χ1v) is 14.4. The number of halogens is 1. The standard InChI is InChI=1S/C32H44FN3O3/c1-32(2,3)31(38)36-22-16-28(26-7-5-4-6-8-26)39-30(36)17-21-35-19-14-24(15-20-35)13-18-34-29(37)23-25-9-11-27(33)12-10-25/h4-12,24,28,30H,13-23H2,1-3H3,(H,34,37). The second kappa shape index (κ2) is 13.5. The highest BCUT2D eigenvalue weighted by Gasteiger charge is 2.37. The number of carbonyl (C=O) groups is 2. The Morgan fingerprint density at radius 3 is 2.31 bits per heavy atom. The van der Waals surface area contributed by atoms with Crippen LogP contribution in [0.3, 0.4) is 0 Å². The van der Waals surface area contributed by atoms with Crippen molar-refractivity contribution >= 4 is 11.8 Å². The van der Waals surface area contributed by atoms with E-state index < -0.39 is 5.41 Å². The molecule has 1 N–H and O–H groups in total. The smallest absolute Gasteiger partial charge is 0.229 e. The third-order valence-corrected chi connectivity index (χ3v) is 7.93. The summed E-state index contributed by atoms with van der Waals surface area (Å²) >= 11 is 0. The number of hydrogen-bond donors (Lipinski definition) is 1. The molecule has 212 valence electrons. The number of nitrogens with one attached hydrogen (secondary N) is 1. The molecule has 6 nitrogen and oxygen atoms in total. The number of likely N-dealkylation sites (tertiary alicyclic amines) is 1. The number of benzene rings is 2. The maximum atomic E-state index is 13.2. The molecule has 2 aliphatic rings. The third-order valence-electron chi connectivity index (χ3n) is 7.93. The first-order chi connectivity index (χ1) is 18.7. The number of ether oxygens (including phenoxy) is 1. The monoisotopic (exact) mass is 537 g/mol. The van der Waals surface area contributed by atoms with Gasteiger partial charge in [0.1, 0.15) is 12.0 Å². The molecule has 2 aromatic rings. The predicted molar refractivity (Wildman–Crippen MR) is 151 cm³/mol. The summed E-state index contributed by atoms with van der Waals surface area (Å²) < 4.78 is 19.6. The van der Waals surface area contributed by atoms with Gasteiger partial charge in [-0.25, -0.2) is 4.39 Å². The molecule has 0 bridgehead atoms. The molecule has 2 heterocycles. The molecule has 2 unspecified atom stereocenters. The Morgan fingerprint density at radius 2 is 1.64 bits per heavy atom. The zero-order chi connectivity index (χ0) is 27.8. The van der Waals surface area contributed by atoms with Gasteiger partial charge in [-0.1, -0.05) is 63.2 Å². The van der Waals surface area contributed by atoms with Crippen molar-refractivity contribution in [3.63, 3.8) is 0 Å². The van der Waals surface area contributed by atoms with Crippen molar-refractivity contribution in [2.45, 2.75) is 71.6 Å². The van der Waals surface area contributed by atoms with E-state index in [1.807, 2.05) is 43.9 Å². The lowest BCUT2D eigenvalue weighted by molar-refractivity contribution is -0.178. The van der Waals surface area contributed by atoms with E-state index in [1.54, 1.807) is 12.1 Å². The highest BCUT2D eigenvalue weighted by molar-refractivity contribution is 5.81. The van der Waals surface area contributed by atoms with Crippen molar-refractivity contribution in [2.24, 2.45) is 11.3 Å². The molecule has 0 spiro atoms. The summed E-state index contributed by atoms with van der Waals surface area (Å²) in [5.41, 5.74) is 1.56. The fraction of sp³-hybridized carbons (Fsp3) is 0.562. The highest BCUT2D eigenvalue weighted by Crippen LogP contribution is 2.33. The Kier molecular flexibility index (Phi) is 10.1. The molecule has 0 aromatic heterocycles. The maximum Gasteiger partial charge on any atom is 0.229 e. The van der Waals surface area contributed by atoms with Crippen molar-refractivity contribution < 1.29 is 18.7 Å². The van der Waals surface area contributed by atoms with Crippen LogP contribution in [0.2, 0.25) is 0 Å². The van der Waals surface area contributed by atoms with Crippen LogP contribution >= 0.6 is 0 Å². The molecular formula is C32H44FN3O3. The number of rotatable bonds is 9. The van der Waals surface area contributed by atoms with Gasteiger partial charge >= 0.3 is 0 Å². The van der Waals surface area contributed by atoms with Crippen molar-refractivity contribution in [3.8, 4) is 0 Å². The molecular weight excluding hydrogens is 493 g/mol. The van der Waals surface area contributed by atoms with E-state index >= 15 is 0 Å². The first kappa shape index (κ1) is 29.2. The number of hydrogen-bond acceptors (Lipinski definition) is 4. The van der Waals surface area contributed by atoms with Gasteiger partial charge in [-0.3, -0.25) is 9.59 Å². The minimum Gasteiger partial charge on any atom is -0.356 e. The Balaban J connectivity index is 1.21. The van der Waals surface area contributed by atoms with Gasteiger partial charge in [0.05, 0.1) is 12.5 Å². The largest absolute Gasteiger partial charge is 0.356 e. The van der Waals surface area contributed by atoms with Gasteiger partial charge < -0.3 is 19.9 Å². The summed E-state index contributed by atoms with van der Waals surface area (Å²) in [6.45, 7) is 10.3. The van der Waals surface area contributed by atoms with Gasteiger partial charge in [0, 0.05) is 31.5 Å². The van der Waals surface area contributed by atoms with Crippen molar-refractivity contribution in [2.75, 3.05) is 32.7 Å². The average molecular weight is 538 g/mol. The van der Waals surface area contributed by atoms with E-state index in [1.165, 1.54) is 17.7 Å². The number of amides is 2. The van der Waals surface area contributed by atoms with E-state index in [0.29, 0.717) is 12.5 Å². The van der Waals surface area contributed by atoms with Crippen LogP contribution in [0.1, 0.15) is 70.1 Å². The molecule has 2 saturated heterocycles. The molecule has 2 aromatic carbocycles. The summed E-state index contributed by atoms with van der Waals surface area (Å²) in [5, 5.41) is 3.02. The van der Waals surface area contributed by atoms with Crippen LogP contribution in [0.4, 0.5) is 4.39 Å². The summed E-state index contributed by atoms with van der Waals surface area (Å²) in [6, 6.07) is 16.4. The molecule has 2 atom stereocenters. The van der Waals surface area contributed by atoms with E-state index in [0.717, 1.165) is 63.8 Å². The zero-order valence-electron chi connectivity index (χ0n) is 23.7. The zero-order valence-corrected chi connectivity index (χ0v) is 23.7. The molecule has 4 rings (SSSR count). The Labute approximate surface area is 232 Å². The topological polar surface area (TPSA) is 61.9 Å². The lowest BCUT2D eigenvalue weighted by Crippen LogP contribution is -2.52. The minimum absolute atomic E-state index is 0.0178. The van der Waals surface area contributed by atoms with Crippen LogP contribution in [0, 0.1) is 17.2 Å². The molecule has 7 heteroatoms. The second-order valence-electron chi connectivity index (χ2n) is 12.0. The van der Waals surface area contributed by atoms with Crippen molar-refractivity contribution in [1.29, 1.82) is 0 Å². The number of nitrogens with zero attached hydrogens (tertiary/aromatic N) is 2. The van der Waals surface area contributed by atoms with Crippen LogP contribution in [0.15, 0.2) is 54.6 Å². The molecule has 2 amide bonds. The summed E-state index contributed by atoms with van der Waals surface area (Å²) in [7, 11) is 0. The van der Waals surface area contributed by atoms with E-state index in [4.69, 9.17) is 4.74 Å². The summed E-state index contributed by atoms with van der Waals surface area (Å²) in [4.78, 5) is 29.9. The number of carbonyl (C=O) groups excluding carboxylic acids is 2. The Hall–Kier alpha value is -2.77. The molecule has 0 radical (unpaired) electrons. The minimum atomic E-state index is -0.437. The second-order valence-corrected chi connectivity index (χ2v) is 12.0. The van der Waals surface area contributed by atoms with E-state index in [9.17, 15) is 14.0 Å². The van der Waals surface area contributed by atoms with Gasteiger partial charge in [0.2, 0.25) is 11.8 Å².